The average molecular weight is 556 g/mol. The molecule has 8 heteroatoms. The number of aromatic nitrogens is 1. The van der Waals surface area contributed by atoms with Crippen molar-refractivity contribution in [3.63, 3.8) is 0 Å². The smallest absolute Gasteiger partial charge is 0.191 e. The molecule has 1 aromatic heterocycles. The largest absolute Gasteiger partial charge is 0.373 e. The molecule has 178 valence electrons. The maximum atomic E-state index is 5.88. The summed E-state index contributed by atoms with van der Waals surface area (Å²) in [4.78, 5) is 6.88. The molecule has 2 unspecified atom stereocenters. The van der Waals surface area contributed by atoms with Crippen LogP contribution in [-0.2, 0) is 37.2 Å². The van der Waals surface area contributed by atoms with Gasteiger partial charge in [0.25, 0.3) is 0 Å². The molecule has 0 radical (unpaired) electrons. The van der Waals surface area contributed by atoms with E-state index >= 15 is 0 Å². The van der Waals surface area contributed by atoms with Gasteiger partial charge in [0, 0.05) is 51.8 Å². The number of guanidine groups is 1. The van der Waals surface area contributed by atoms with Crippen molar-refractivity contribution in [2.45, 2.75) is 72.4 Å². The van der Waals surface area contributed by atoms with Crippen LogP contribution in [0.4, 0.5) is 0 Å². The van der Waals surface area contributed by atoms with Gasteiger partial charge in [-0.25, -0.2) is 0 Å². The first-order valence-corrected chi connectivity index (χ1v) is 11.4. The summed E-state index contributed by atoms with van der Waals surface area (Å²) in [5.74, 6) is 1.72. The van der Waals surface area contributed by atoms with Crippen LogP contribution < -0.4 is 10.6 Å². The molecule has 0 bridgehead atoms. The van der Waals surface area contributed by atoms with Crippen molar-refractivity contribution in [2.75, 3.05) is 20.1 Å². The summed E-state index contributed by atoms with van der Waals surface area (Å²) in [6.07, 6.45) is 2.24. The van der Waals surface area contributed by atoms with E-state index in [9.17, 15) is 0 Å². The van der Waals surface area contributed by atoms with Crippen molar-refractivity contribution in [1.29, 1.82) is 0 Å². The minimum Gasteiger partial charge on any atom is -0.373 e. The molecule has 32 heavy (non-hydrogen) atoms. The van der Waals surface area contributed by atoms with Crippen LogP contribution in [-0.4, -0.2) is 48.4 Å². The van der Waals surface area contributed by atoms with E-state index in [4.69, 9.17) is 9.26 Å². The highest BCUT2D eigenvalue weighted by molar-refractivity contribution is 14.0. The maximum absolute atomic E-state index is 5.88. The summed E-state index contributed by atoms with van der Waals surface area (Å²) in [7, 11) is 1.80. The van der Waals surface area contributed by atoms with Crippen LogP contribution >= 0.6 is 24.0 Å². The van der Waals surface area contributed by atoms with Crippen LogP contribution in [0.15, 0.2) is 33.8 Å². The number of benzene rings is 1. The third-order valence-corrected chi connectivity index (χ3v) is 5.72. The average Bonchev–Trinajstić information content (AvgIpc) is 3.16. The molecule has 0 amide bonds. The number of morpholine rings is 1. The molecule has 2 atom stereocenters. The normalized spacial score (nSPS) is 19.5. The lowest BCUT2D eigenvalue weighted by Crippen LogP contribution is -2.45. The monoisotopic (exact) mass is 555 g/mol. The van der Waals surface area contributed by atoms with E-state index in [0.717, 1.165) is 62.0 Å². The fraction of sp³-hybridized carbons (Fsp3) is 0.583. The second kappa shape index (κ2) is 13.2. The molecule has 1 aromatic carbocycles. The van der Waals surface area contributed by atoms with E-state index in [1.165, 1.54) is 11.1 Å². The van der Waals surface area contributed by atoms with Gasteiger partial charge in [-0.15, -0.1) is 24.0 Å². The van der Waals surface area contributed by atoms with Gasteiger partial charge in [0.1, 0.15) is 5.76 Å². The summed E-state index contributed by atoms with van der Waals surface area (Å²) in [6.45, 7) is 12.7. The SMILES string of the molecule is CCc1noc(CC)c1CNC(=NC)NCc1ccccc1CN1CC(C)OC(C)C1.I. The molecule has 2 heterocycles. The molecule has 0 aliphatic carbocycles. The quantitative estimate of drug-likeness (QED) is 0.293. The second-order valence-corrected chi connectivity index (χ2v) is 8.24. The molecule has 0 saturated carbocycles. The molecule has 3 rings (SSSR count). The topological polar surface area (TPSA) is 74.9 Å². The van der Waals surface area contributed by atoms with Crippen molar-refractivity contribution < 1.29 is 9.26 Å². The highest BCUT2D eigenvalue weighted by Gasteiger charge is 2.22. The molecule has 1 aliphatic heterocycles. The van der Waals surface area contributed by atoms with E-state index in [0.29, 0.717) is 6.54 Å². The predicted octanol–water partition coefficient (Wildman–Crippen LogP) is 3.89. The van der Waals surface area contributed by atoms with Gasteiger partial charge >= 0.3 is 0 Å². The first-order chi connectivity index (χ1) is 15.0. The van der Waals surface area contributed by atoms with Crippen LogP contribution in [0.25, 0.3) is 0 Å². The Hall–Kier alpha value is -1.65. The van der Waals surface area contributed by atoms with Gasteiger partial charge in [-0.2, -0.15) is 0 Å². The lowest BCUT2D eigenvalue weighted by molar-refractivity contribution is -0.0705. The van der Waals surface area contributed by atoms with Crippen molar-refractivity contribution in [1.82, 2.24) is 20.7 Å². The summed E-state index contributed by atoms with van der Waals surface area (Å²) in [5.41, 5.74) is 4.78. The lowest BCUT2D eigenvalue weighted by Gasteiger charge is -2.35. The third kappa shape index (κ3) is 7.18. The number of halogens is 1. The van der Waals surface area contributed by atoms with E-state index in [1.54, 1.807) is 7.05 Å². The molecular weight excluding hydrogens is 517 g/mol. The second-order valence-electron chi connectivity index (χ2n) is 8.24. The van der Waals surface area contributed by atoms with Crippen molar-refractivity contribution in [3.05, 3.63) is 52.4 Å². The van der Waals surface area contributed by atoms with E-state index in [1.807, 2.05) is 0 Å². The Kier molecular flexibility index (Phi) is 10.9. The summed E-state index contributed by atoms with van der Waals surface area (Å²) in [5, 5.41) is 11.1. The number of rotatable bonds is 8. The van der Waals surface area contributed by atoms with E-state index in [2.05, 4.69) is 77.6 Å². The highest BCUT2D eigenvalue weighted by Crippen LogP contribution is 2.17. The van der Waals surface area contributed by atoms with Gasteiger partial charge in [0.05, 0.1) is 17.9 Å². The third-order valence-electron chi connectivity index (χ3n) is 5.72. The molecule has 1 saturated heterocycles. The summed E-state index contributed by atoms with van der Waals surface area (Å²) < 4.78 is 11.3. The minimum absolute atomic E-state index is 0. The Labute approximate surface area is 209 Å². The van der Waals surface area contributed by atoms with Crippen molar-refractivity contribution in [2.24, 2.45) is 4.99 Å². The van der Waals surface area contributed by atoms with Crippen LogP contribution in [0.5, 0.6) is 0 Å². The fourth-order valence-electron chi connectivity index (χ4n) is 4.25. The van der Waals surface area contributed by atoms with Crippen LogP contribution in [0.1, 0.15) is 55.8 Å². The van der Waals surface area contributed by atoms with Gasteiger partial charge in [-0.05, 0) is 31.4 Å². The molecule has 1 fully saturated rings. The number of nitrogens with one attached hydrogen (secondary N) is 2. The number of ether oxygens (including phenoxy) is 1. The summed E-state index contributed by atoms with van der Waals surface area (Å²) >= 11 is 0. The number of aliphatic imine (C=N–C) groups is 1. The van der Waals surface area contributed by atoms with Gasteiger partial charge in [-0.1, -0.05) is 43.3 Å². The number of hydrogen-bond donors (Lipinski definition) is 2. The van der Waals surface area contributed by atoms with Crippen LogP contribution in [0.3, 0.4) is 0 Å². The summed E-state index contributed by atoms with van der Waals surface area (Å²) in [6, 6.07) is 8.62. The predicted molar refractivity (Wildman–Crippen MR) is 139 cm³/mol. The molecular formula is C24H38IN5O2. The zero-order valence-corrected chi connectivity index (χ0v) is 22.3. The molecule has 2 N–H and O–H groups in total. The molecule has 1 aliphatic rings. The number of hydrogen-bond acceptors (Lipinski definition) is 5. The Morgan fingerprint density at radius 2 is 1.72 bits per heavy atom. The first-order valence-electron chi connectivity index (χ1n) is 11.4. The number of aryl methyl sites for hydroxylation is 2. The molecule has 0 spiro atoms. The van der Waals surface area contributed by atoms with Crippen molar-refractivity contribution >= 4 is 29.9 Å². The van der Waals surface area contributed by atoms with Gasteiger partial charge in [-0.3, -0.25) is 9.89 Å². The Bertz CT molecular complexity index is 838. The lowest BCUT2D eigenvalue weighted by atomic mass is 10.1. The van der Waals surface area contributed by atoms with Crippen molar-refractivity contribution in [3.8, 4) is 0 Å². The zero-order valence-electron chi connectivity index (χ0n) is 20.0. The van der Waals surface area contributed by atoms with Crippen LogP contribution in [0, 0.1) is 0 Å². The van der Waals surface area contributed by atoms with E-state index in [-0.39, 0.29) is 36.2 Å². The minimum atomic E-state index is 0. The van der Waals surface area contributed by atoms with E-state index < -0.39 is 0 Å². The Balaban J connectivity index is 0.00000363. The Morgan fingerprint density at radius 3 is 2.34 bits per heavy atom. The highest BCUT2D eigenvalue weighted by atomic mass is 127. The zero-order chi connectivity index (χ0) is 22.2. The Morgan fingerprint density at radius 1 is 1.06 bits per heavy atom. The number of nitrogens with zero attached hydrogens (tertiary/aromatic N) is 3. The van der Waals surface area contributed by atoms with Gasteiger partial charge in [0.15, 0.2) is 5.96 Å². The first kappa shape index (κ1) is 26.6. The van der Waals surface area contributed by atoms with Crippen LogP contribution in [0.2, 0.25) is 0 Å². The molecule has 2 aromatic rings. The van der Waals surface area contributed by atoms with Gasteiger partial charge < -0.3 is 19.9 Å². The standard InChI is InChI=1S/C24H37N5O2.HI/c1-6-22-21(23(7-2)31-28-22)13-27-24(25-5)26-12-19-10-8-9-11-20(19)16-29-14-17(3)30-18(4)15-29;/h8-11,17-18H,6-7,12-16H2,1-5H3,(H2,25,26,27);1H. The fourth-order valence-corrected chi connectivity index (χ4v) is 4.25. The maximum Gasteiger partial charge on any atom is 0.191 e. The molecule has 7 nitrogen and oxygen atoms in total. The van der Waals surface area contributed by atoms with Gasteiger partial charge in [0.2, 0.25) is 0 Å².